The van der Waals surface area contributed by atoms with E-state index in [4.69, 9.17) is 5.73 Å². The van der Waals surface area contributed by atoms with E-state index in [2.05, 4.69) is 6.58 Å². The van der Waals surface area contributed by atoms with Crippen molar-refractivity contribution < 1.29 is 8.78 Å². The number of hydrogen-bond donors (Lipinski definition) is 1. The fourth-order valence-corrected chi connectivity index (χ4v) is 1.79. The maximum absolute atomic E-state index is 13.4. The molecular formula is C14H19F2N. The summed E-state index contributed by atoms with van der Waals surface area (Å²) in [6.45, 7) is 3.65. The lowest BCUT2D eigenvalue weighted by Crippen LogP contribution is -2.12. The zero-order valence-corrected chi connectivity index (χ0v) is 9.96. The Morgan fingerprint density at radius 2 is 2.00 bits per heavy atom. The number of rotatable bonds is 7. The van der Waals surface area contributed by atoms with Crippen LogP contribution in [0.2, 0.25) is 0 Å². The van der Waals surface area contributed by atoms with Crippen molar-refractivity contribution in [2.45, 2.75) is 38.1 Å². The van der Waals surface area contributed by atoms with Crippen LogP contribution in [0.5, 0.6) is 0 Å². The molecule has 0 fully saturated rings. The minimum Gasteiger partial charge on any atom is -0.324 e. The quantitative estimate of drug-likeness (QED) is 0.562. The molecule has 0 amide bonds. The van der Waals surface area contributed by atoms with Gasteiger partial charge in [-0.2, -0.15) is 0 Å². The normalized spacial score (nSPS) is 12.4. The van der Waals surface area contributed by atoms with Gasteiger partial charge >= 0.3 is 0 Å². The summed E-state index contributed by atoms with van der Waals surface area (Å²) in [7, 11) is 0. The standard InChI is InChI=1S/C14H19F2N/c1-2-3-4-5-6-10-13(17)11-8-7-9-12(15)14(11)16/h2,7-9,13H,1,3-6,10,17H2. The molecule has 1 nitrogen and oxygen atoms in total. The molecule has 0 aliphatic rings. The lowest BCUT2D eigenvalue weighted by molar-refractivity contribution is 0.477. The highest BCUT2D eigenvalue weighted by molar-refractivity contribution is 5.22. The van der Waals surface area contributed by atoms with Crippen LogP contribution in [0.3, 0.4) is 0 Å². The number of benzene rings is 1. The predicted molar refractivity (Wildman–Crippen MR) is 66.6 cm³/mol. The molecule has 0 saturated heterocycles. The highest BCUT2D eigenvalue weighted by Gasteiger charge is 2.13. The number of allylic oxidation sites excluding steroid dienone is 1. The van der Waals surface area contributed by atoms with Gasteiger partial charge in [0.2, 0.25) is 0 Å². The van der Waals surface area contributed by atoms with E-state index in [1.807, 2.05) is 6.08 Å². The SMILES string of the molecule is C=CCCCCCC(N)c1cccc(F)c1F. The van der Waals surface area contributed by atoms with Crippen molar-refractivity contribution in [3.05, 3.63) is 48.1 Å². The molecule has 1 atom stereocenters. The third-order valence-corrected chi connectivity index (χ3v) is 2.80. The van der Waals surface area contributed by atoms with Gasteiger partial charge in [-0.05, 0) is 25.3 Å². The van der Waals surface area contributed by atoms with E-state index < -0.39 is 17.7 Å². The molecule has 3 heteroatoms. The largest absolute Gasteiger partial charge is 0.324 e. The van der Waals surface area contributed by atoms with E-state index >= 15 is 0 Å². The molecule has 0 aliphatic carbocycles. The van der Waals surface area contributed by atoms with Gasteiger partial charge in [0.1, 0.15) is 0 Å². The fraction of sp³-hybridized carbons (Fsp3) is 0.429. The molecule has 1 aromatic carbocycles. The minimum absolute atomic E-state index is 0.272. The van der Waals surface area contributed by atoms with Crippen LogP contribution < -0.4 is 5.73 Å². The van der Waals surface area contributed by atoms with Crippen molar-refractivity contribution >= 4 is 0 Å². The molecule has 0 aliphatic heterocycles. The van der Waals surface area contributed by atoms with Gasteiger partial charge in [0.25, 0.3) is 0 Å². The van der Waals surface area contributed by atoms with E-state index in [1.165, 1.54) is 6.07 Å². The zero-order chi connectivity index (χ0) is 12.7. The van der Waals surface area contributed by atoms with Crippen molar-refractivity contribution in [3.63, 3.8) is 0 Å². The summed E-state index contributed by atoms with van der Waals surface area (Å²) in [5.74, 6) is -1.64. The van der Waals surface area contributed by atoms with Gasteiger partial charge in [-0.3, -0.25) is 0 Å². The average molecular weight is 239 g/mol. The second kappa shape index (κ2) is 7.17. The van der Waals surface area contributed by atoms with Crippen LogP contribution >= 0.6 is 0 Å². The minimum atomic E-state index is -0.829. The van der Waals surface area contributed by atoms with Crippen LogP contribution in [0.15, 0.2) is 30.9 Å². The molecule has 0 bridgehead atoms. The summed E-state index contributed by atoms with van der Waals surface area (Å²) in [6.07, 6.45) is 6.58. The Hall–Kier alpha value is -1.22. The molecule has 1 unspecified atom stereocenters. The molecule has 1 rings (SSSR count). The Bertz CT molecular complexity index is 363. The third kappa shape index (κ3) is 4.27. The van der Waals surface area contributed by atoms with Gasteiger partial charge in [-0.25, -0.2) is 8.78 Å². The lowest BCUT2D eigenvalue weighted by atomic mass is 10.00. The highest BCUT2D eigenvalue weighted by atomic mass is 19.2. The maximum atomic E-state index is 13.4. The molecule has 0 saturated carbocycles. The van der Waals surface area contributed by atoms with Crippen LogP contribution in [-0.2, 0) is 0 Å². The van der Waals surface area contributed by atoms with Gasteiger partial charge < -0.3 is 5.73 Å². The number of unbranched alkanes of at least 4 members (excludes halogenated alkanes) is 3. The zero-order valence-electron chi connectivity index (χ0n) is 9.96. The summed E-state index contributed by atoms with van der Waals surface area (Å²) < 4.78 is 26.4. The highest BCUT2D eigenvalue weighted by Crippen LogP contribution is 2.22. The van der Waals surface area contributed by atoms with Gasteiger partial charge in [0.15, 0.2) is 11.6 Å². The van der Waals surface area contributed by atoms with Crippen molar-refractivity contribution in [1.82, 2.24) is 0 Å². The first-order chi connectivity index (χ1) is 8.16. The summed E-state index contributed by atoms with van der Waals surface area (Å²) in [5, 5.41) is 0. The first kappa shape index (κ1) is 13.8. The first-order valence-electron chi connectivity index (χ1n) is 5.97. The van der Waals surface area contributed by atoms with E-state index in [9.17, 15) is 8.78 Å². The van der Waals surface area contributed by atoms with E-state index in [0.717, 1.165) is 31.7 Å². The van der Waals surface area contributed by atoms with Gasteiger partial charge in [-0.15, -0.1) is 6.58 Å². The third-order valence-electron chi connectivity index (χ3n) is 2.80. The number of nitrogens with two attached hydrogens (primary N) is 1. The molecule has 17 heavy (non-hydrogen) atoms. The summed E-state index contributed by atoms with van der Waals surface area (Å²) in [5.41, 5.74) is 6.12. The second-order valence-electron chi connectivity index (χ2n) is 4.18. The smallest absolute Gasteiger partial charge is 0.163 e. The molecule has 0 aromatic heterocycles. The van der Waals surface area contributed by atoms with Crippen LogP contribution in [0.4, 0.5) is 8.78 Å². The van der Waals surface area contributed by atoms with Crippen LogP contribution in [0.25, 0.3) is 0 Å². The Labute approximate surface area is 101 Å². The monoisotopic (exact) mass is 239 g/mol. The number of halogens is 2. The van der Waals surface area contributed by atoms with Crippen LogP contribution in [0.1, 0.15) is 43.7 Å². The molecule has 1 aromatic rings. The molecular weight excluding hydrogens is 220 g/mol. The topological polar surface area (TPSA) is 26.0 Å². The van der Waals surface area contributed by atoms with Crippen molar-refractivity contribution in [3.8, 4) is 0 Å². The van der Waals surface area contributed by atoms with Gasteiger partial charge in [0.05, 0.1) is 0 Å². The first-order valence-corrected chi connectivity index (χ1v) is 5.97. The van der Waals surface area contributed by atoms with Gasteiger partial charge in [0, 0.05) is 11.6 Å². The molecule has 0 radical (unpaired) electrons. The number of hydrogen-bond acceptors (Lipinski definition) is 1. The molecule has 0 heterocycles. The van der Waals surface area contributed by atoms with E-state index in [1.54, 1.807) is 6.07 Å². The van der Waals surface area contributed by atoms with Crippen LogP contribution in [-0.4, -0.2) is 0 Å². The van der Waals surface area contributed by atoms with Gasteiger partial charge in [-0.1, -0.05) is 31.1 Å². The summed E-state index contributed by atoms with van der Waals surface area (Å²) >= 11 is 0. The fourth-order valence-electron chi connectivity index (χ4n) is 1.79. The predicted octanol–water partition coefficient (Wildman–Crippen LogP) is 4.10. The van der Waals surface area contributed by atoms with Crippen molar-refractivity contribution in [2.24, 2.45) is 5.73 Å². The summed E-state index contributed by atoms with van der Waals surface area (Å²) in [4.78, 5) is 0. The molecule has 0 spiro atoms. The summed E-state index contributed by atoms with van der Waals surface area (Å²) in [6, 6.07) is 3.72. The van der Waals surface area contributed by atoms with Crippen molar-refractivity contribution in [1.29, 1.82) is 0 Å². The molecule has 2 N–H and O–H groups in total. The van der Waals surface area contributed by atoms with E-state index in [0.29, 0.717) is 6.42 Å². The maximum Gasteiger partial charge on any atom is 0.163 e. The Morgan fingerprint density at radius 3 is 2.71 bits per heavy atom. The Kier molecular flexibility index (Phi) is 5.84. The van der Waals surface area contributed by atoms with Crippen LogP contribution in [0, 0.1) is 11.6 Å². The van der Waals surface area contributed by atoms with E-state index in [-0.39, 0.29) is 5.56 Å². The lowest BCUT2D eigenvalue weighted by Gasteiger charge is -2.12. The molecule has 94 valence electrons. The second-order valence-corrected chi connectivity index (χ2v) is 4.18. The van der Waals surface area contributed by atoms with Crippen molar-refractivity contribution in [2.75, 3.05) is 0 Å². The Balaban J connectivity index is 2.44. The average Bonchev–Trinajstić information content (AvgIpc) is 2.32. The Morgan fingerprint density at radius 1 is 1.24 bits per heavy atom.